The molecule has 0 radical (unpaired) electrons. The molecule has 1 heterocycles. The first-order valence-electron chi connectivity index (χ1n) is 5.27. The monoisotopic (exact) mass is 359 g/mol. The average Bonchev–Trinajstić information content (AvgIpc) is 2.65. The maximum absolute atomic E-state index is 13.4. The second-order valence-corrected chi connectivity index (χ2v) is 4.94. The normalized spacial score (nSPS) is 10.4. The van der Waals surface area contributed by atoms with E-state index in [1.807, 2.05) is 22.6 Å². The highest BCUT2D eigenvalue weighted by molar-refractivity contribution is 14.1. The van der Waals surface area contributed by atoms with E-state index in [0.29, 0.717) is 26.2 Å². The van der Waals surface area contributed by atoms with Gasteiger partial charge in [0.15, 0.2) is 0 Å². The minimum atomic E-state index is -0.353. The van der Waals surface area contributed by atoms with Crippen LogP contribution in [0.5, 0.6) is 0 Å². The number of H-pyrrole nitrogens is 1. The summed E-state index contributed by atoms with van der Waals surface area (Å²) in [5.74, 6) is -0.642. The number of nitrogens with one attached hydrogen (secondary N) is 2. The molecule has 0 aliphatic rings. The Labute approximate surface area is 117 Å². The number of carbonyl (C=O) groups excluding carboxylic acids is 1. The molecule has 0 fully saturated rings. The van der Waals surface area contributed by atoms with E-state index in [1.54, 1.807) is 26.0 Å². The highest BCUT2D eigenvalue weighted by Crippen LogP contribution is 2.22. The van der Waals surface area contributed by atoms with Crippen molar-refractivity contribution in [2.45, 2.75) is 13.8 Å². The molecule has 6 heteroatoms. The Balaban J connectivity index is 2.30. The van der Waals surface area contributed by atoms with Crippen molar-refractivity contribution in [3.05, 3.63) is 44.5 Å². The molecule has 0 aliphatic heterocycles. The lowest BCUT2D eigenvalue weighted by molar-refractivity contribution is 0.102. The molecule has 1 aromatic carbocycles. The number of hydrogen-bond donors (Lipinski definition) is 2. The molecular weight excluding hydrogens is 348 g/mol. The predicted molar refractivity (Wildman–Crippen MR) is 75.1 cm³/mol. The second-order valence-electron chi connectivity index (χ2n) is 3.86. The number of halogens is 2. The summed E-state index contributed by atoms with van der Waals surface area (Å²) in [6, 6.07) is 4.57. The Kier molecular flexibility index (Phi) is 3.65. The van der Waals surface area contributed by atoms with Crippen molar-refractivity contribution in [1.29, 1.82) is 0 Å². The molecule has 2 aromatic rings. The van der Waals surface area contributed by atoms with Gasteiger partial charge in [0.25, 0.3) is 5.91 Å². The summed E-state index contributed by atoms with van der Waals surface area (Å²) in [7, 11) is 0. The van der Waals surface area contributed by atoms with Gasteiger partial charge in [-0.25, -0.2) is 4.39 Å². The molecule has 2 N–H and O–H groups in total. The van der Waals surface area contributed by atoms with Gasteiger partial charge < -0.3 is 5.32 Å². The summed E-state index contributed by atoms with van der Waals surface area (Å²) in [5.41, 5.74) is 2.27. The van der Waals surface area contributed by atoms with Gasteiger partial charge in [0.05, 0.1) is 20.5 Å². The summed E-state index contributed by atoms with van der Waals surface area (Å²) in [4.78, 5) is 12.1. The van der Waals surface area contributed by atoms with Crippen LogP contribution in [0.2, 0.25) is 0 Å². The third kappa shape index (κ3) is 2.38. The van der Waals surface area contributed by atoms with Crippen LogP contribution in [0.15, 0.2) is 18.2 Å². The van der Waals surface area contributed by atoms with Gasteiger partial charge in [-0.15, -0.1) is 0 Å². The van der Waals surface area contributed by atoms with Crippen molar-refractivity contribution >= 4 is 34.2 Å². The maximum Gasteiger partial charge on any atom is 0.259 e. The Morgan fingerprint density at radius 3 is 2.78 bits per heavy atom. The summed E-state index contributed by atoms with van der Waals surface area (Å²) in [5, 5.41) is 9.39. The number of aryl methyl sites for hydroxylation is 2. The number of rotatable bonds is 2. The van der Waals surface area contributed by atoms with E-state index in [4.69, 9.17) is 0 Å². The fourth-order valence-electron chi connectivity index (χ4n) is 1.67. The zero-order valence-electron chi connectivity index (χ0n) is 9.84. The van der Waals surface area contributed by atoms with Crippen LogP contribution in [0.1, 0.15) is 21.7 Å². The smallest absolute Gasteiger partial charge is 0.259 e. The van der Waals surface area contributed by atoms with Crippen LogP contribution in [-0.2, 0) is 0 Å². The first kappa shape index (κ1) is 13.0. The third-order valence-electron chi connectivity index (χ3n) is 2.55. The second kappa shape index (κ2) is 5.05. The lowest BCUT2D eigenvalue weighted by atomic mass is 10.2. The van der Waals surface area contributed by atoms with Crippen LogP contribution in [0.25, 0.3) is 0 Å². The standard InChI is InChI=1S/C12H11FIN3O/c1-6-10(7(2)17-16-6)12(18)15-9-5-3-4-8(13)11(9)14/h3-5H,1-2H3,(H,15,18)(H,16,17). The van der Waals surface area contributed by atoms with Crippen LogP contribution in [0, 0.1) is 23.2 Å². The van der Waals surface area contributed by atoms with Gasteiger partial charge in [0, 0.05) is 5.69 Å². The first-order valence-corrected chi connectivity index (χ1v) is 6.35. The van der Waals surface area contributed by atoms with Gasteiger partial charge >= 0.3 is 0 Å². The molecule has 0 unspecified atom stereocenters. The number of aromatic amines is 1. The number of aromatic nitrogens is 2. The van der Waals surface area contributed by atoms with Crippen molar-refractivity contribution in [3.63, 3.8) is 0 Å². The lowest BCUT2D eigenvalue weighted by Gasteiger charge is -2.07. The predicted octanol–water partition coefficient (Wildman–Crippen LogP) is 3.02. The van der Waals surface area contributed by atoms with Crippen LogP contribution in [0.4, 0.5) is 10.1 Å². The number of anilines is 1. The molecule has 1 amide bonds. The molecule has 2 rings (SSSR count). The molecule has 0 spiro atoms. The highest BCUT2D eigenvalue weighted by Gasteiger charge is 2.16. The fourth-order valence-corrected chi connectivity index (χ4v) is 2.17. The van der Waals surface area contributed by atoms with E-state index in [2.05, 4.69) is 15.5 Å². The minimum Gasteiger partial charge on any atom is -0.321 e. The molecule has 1 aromatic heterocycles. The summed E-state index contributed by atoms with van der Waals surface area (Å²) in [6.07, 6.45) is 0. The molecule has 0 bridgehead atoms. The van der Waals surface area contributed by atoms with E-state index in [1.165, 1.54) is 6.07 Å². The summed E-state index contributed by atoms with van der Waals surface area (Å²) in [6.45, 7) is 3.51. The number of carbonyl (C=O) groups is 1. The van der Waals surface area contributed by atoms with Crippen LogP contribution >= 0.6 is 22.6 Å². The lowest BCUT2D eigenvalue weighted by Crippen LogP contribution is -2.14. The van der Waals surface area contributed by atoms with Gasteiger partial charge in [-0.3, -0.25) is 9.89 Å². The van der Waals surface area contributed by atoms with Gasteiger partial charge in [0.2, 0.25) is 0 Å². The van der Waals surface area contributed by atoms with E-state index in [9.17, 15) is 9.18 Å². The third-order valence-corrected chi connectivity index (χ3v) is 3.65. The van der Waals surface area contributed by atoms with Gasteiger partial charge in [-0.05, 0) is 48.6 Å². The quantitative estimate of drug-likeness (QED) is 0.810. The van der Waals surface area contributed by atoms with Gasteiger partial charge in [-0.2, -0.15) is 5.10 Å². The minimum absolute atomic E-state index is 0.290. The average molecular weight is 359 g/mol. The van der Waals surface area contributed by atoms with Crippen LogP contribution in [-0.4, -0.2) is 16.1 Å². The first-order chi connectivity index (χ1) is 8.50. The highest BCUT2D eigenvalue weighted by atomic mass is 127. The van der Waals surface area contributed by atoms with Gasteiger partial charge in [-0.1, -0.05) is 6.07 Å². The van der Waals surface area contributed by atoms with Crippen LogP contribution < -0.4 is 5.32 Å². The number of amides is 1. The Hall–Kier alpha value is -1.44. The van der Waals surface area contributed by atoms with E-state index in [0.717, 1.165) is 0 Å². The van der Waals surface area contributed by atoms with E-state index < -0.39 is 0 Å². The Morgan fingerprint density at radius 1 is 1.44 bits per heavy atom. The fraction of sp³-hybridized carbons (Fsp3) is 0.167. The van der Waals surface area contributed by atoms with E-state index >= 15 is 0 Å². The Morgan fingerprint density at radius 2 is 2.17 bits per heavy atom. The largest absolute Gasteiger partial charge is 0.321 e. The molecule has 0 saturated carbocycles. The SMILES string of the molecule is Cc1n[nH]c(C)c1C(=O)Nc1cccc(F)c1I. The zero-order chi connectivity index (χ0) is 13.3. The van der Waals surface area contributed by atoms with Crippen molar-refractivity contribution in [2.75, 3.05) is 5.32 Å². The molecule has 18 heavy (non-hydrogen) atoms. The molecule has 4 nitrogen and oxygen atoms in total. The van der Waals surface area contributed by atoms with Gasteiger partial charge in [0.1, 0.15) is 5.82 Å². The zero-order valence-corrected chi connectivity index (χ0v) is 12.0. The molecular formula is C12H11FIN3O. The maximum atomic E-state index is 13.4. The van der Waals surface area contributed by atoms with Crippen molar-refractivity contribution in [3.8, 4) is 0 Å². The van der Waals surface area contributed by atoms with Crippen LogP contribution in [0.3, 0.4) is 0 Å². The number of benzene rings is 1. The van der Waals surface area contributed by atoms with Crippen molar-refractivity contribution < 1.29 is 9.18 Å². The summed E-state index contributed by atoms with van der Waals surface area (Å²) < 4.78 is 13.7. The van der Waals surface area contributed by atoms with Crippen molar-refractivity contribution in [1.82, 2.24) is 10.2 Å². The molecule has 0 atom stereocenters. The van der Waals surface area contributed by atoms with E-state index in [-0.39, 0.29) is 11.7 Å². The molecule has 94 valence electrons. The van der Waals surface area contributed by atoms with Crippen molar-refractivity contribution in [2.24, 2.45) is 0 Å². The number of hydrogen-bond acceptors (Lipinski definition) is 2. The number of nitrogens with zero attached hydrogens (tertiary/aromatic N) is 1. The Bertz CT molecular complexity index is 590. The summed E-state index contributed by atoms with van der Waals surface area (Å²) >= 11 is 1.86. The molecule has 0 saturated heterocycles. The molecule has 0 aliphatic carbocycles. The topological polar surface area (TPSA) is 57.8 Å².